The van der Waals surface area contributed by atoms with Gasteiger partial charge in [-0.05, 0) is 117 Å². The summed E-state index contributed by atoms with van der Waals surface area (Å²) in [6, 6.07) is 10.6. The molecular weight excluding hydrogens is 584 g/mol. The Morgan fingerprint density at radius 2 is 1.46 bits per heavy atom. The zero-order chi connectivity index (χ0) is 29.4. The predicted octanol–water partition coefficient (Wildman–Crippen LogP) is 9.20. The van der Waals surface area contributed by atoms with E-state index in [-0.39, 0.29) is 36.3 Å². The fraction of sp³-hybridized carbons (Fsp3) is 0.625. The van der Waals surface area contributed by atoms with E-state index < -0.39 is 22.7 Å². The molecule has 1 aliphatic heterocycles. The molecule has 3 rings (SSSR count). The molecule has 2 aromatic rings. The van der Waals surface area contributed by atoms with Gasteiger partial charge in [-0.2, -0.15) is 0 Å². The molecule has 1 N–H and O–H groups in total. The third kappa shape index (κ3) is 7.94. The number of hydrogen-bond donors (Lipinski definition) is 1. The van der Waals surface area contributed by atoms with Gasteiger partial charge >= 0.3 is 0 Å². The number of aliphatic hydroxyl groups is 1. The number of hydrogen-bond acceptors (Lipinski definition) is 4. The Morgan fingerprint density at radius 1 is 0.872 bits per heavy atom. The van der Waals surface area contributed by atoms with Gasteiger partial charge in [0.2, 0.25) is 0 Å². The van der Waals surface area contributed by atoms with Crippen LogP contribution in [0.4, 0.5) is 0 Å². The summed E-state index contributed by atoms with van der Waals surface area (Å²) < 4.78 is 21.8. The van der Waals surface area contributed by atoms with Crippen LogP contribution in [0, 0.1) is 19.8 Å². The second-order valence-corrected chi connectivity index (χ2v) is 23.5. The van der Waals surface area contributed by atoms with E-state index in [1.54, 1.807) is 0 Å². The van der Waals surface area contributed by atoms with Crippen LogP contribution >= 0.6 is 15.9 Å². The fourth-order valence-corrected chi connectivity index (χ4v) is 8.55. The number of aryl methyl sites for hydroxylation is 2. The standard InChI is InChI=1S/C32H51BrO4Si2/c1-13-28-22(6)30(36-38(7,8)9)32(37-39(10,11)12)31(35-28)26-18-27(25(19(2)3)17-21(26)5)29(34)24-15-14-23(33)16-20(24)4/h14-19,22,28-32,34H,13H2,1-12H3/t22-,28+,29?,30-,31-,32-/m0/s1. The molecule has 1 aliphatic rings. The van der Waals surface area contributed by atoms with Crippen LogP contribution in [0.15, 0.2) is 34.8 Å². The van der Waals surface area contributed by atoms with Crippen molar-refractivity contribution in [2.24, 2.45) is 5.92 Å². The molecule has 7 heteroatoms. The van der Waals surface area contributed by atoms with Crippen LogP contribution in [-0.4, -0.2) is 40.1 Å². The summed E-state index contributed by atoms with van der Waals surface area (Å²) in [7, 11) is -3.81. The zero-order valence-corrected chi connectivity index (χ0v) is 29.8. The van der Waals surface area contributed by atoms with Gasteiger partial charge in [0.15, 0.2) is 16.6 Å². The van der Waals surface area contributed by atoms with Crippen LogP contribution in [0.5, 0.6) is 0 Å². The molecule has 0 aliphatic carbocycles. The van der Waals surface area contributed by atoms with Crippen molar-refractivity contribution in [1.29, 1.82) is 0 Å². The van der Waals surface area contributed by atoms with E-state index in [4.69, 9.17) is 13.6 Å². The molecule has 218 valence electrons. The Hall–Kier alpha value is -0.806. The molecule has 0 aromatic heterocycles. The van der Waals surface area contributed by atoms with Gasteiger partial charge < -0.3 is 18.7 Å². The Balaban J connectivity index is 2.22. The van der Waals surface area contributed by atoms with Crippen molar-refractivity contribution in [2.75, 3.05) is 0 Å². The average Bonchev–Trinajstić information content (AvgIpc) is 2.79. The van der Waals surface area contributed by atoms with E-state index in [0.29, 0.717) is 0 Å². The lowest BCUT2D eigenvalue weighted by Crippen LogP contribution is -2.57. The maximum absolute atomic E-state index is 11.8. The minimum atomic E-state index is -1.94. The van der Waals surface area contributed by atoms with E-state index in [1.165, 1.54) is 11.1 Å². The fourth-order valence-electron chi connectivity index (χ4n) is 5.83. The smallest absolute Gasteiger partial charge is 0.184 e. The monoisotopic (exact) mass is 634 g/mol. The van der Waals surface area contributed by atoms with Gasteiger partial charge in [0.05, 0.1) is 12.2 Å². The molecule has 6 atom stereocenters. The lowest BCUT2D eigenvalue weighted by Gasteiger charge is -2.49. The van der Waals surface area contributed by atoms with Gasteiger partial charge in [0.25, 0.3) is 0 Å². The lowest BCUT2D eigenvalue weighted by molar-refractivity contribution is -0.188. The molecule has 2 aromatic carbocycles. The van der Waals surface area contributed by atoms with Crippen molar-refractivity contribution in [3.8, 4) is 0 Å². The molecule has 0 bridgehead atoms. The highest BCUT2D eigenvalue weighted by molar-refractivity contribution is 9.10. The molecule has 0 amide bonds. The zero-order valence-electron chi connectivity index (χ0n) is 26.2. The van der Waals surface area contributed by atoms with Crippen LogP contribution in [-0.2, 0) is 13.6 Å². The SMILES string of the molecule is CC[C@H]1O[C@@H](c2cc(C(O)c3ccc(Br)cc3C)c(C(C)C)cc2C)[C@@H](O[Si](C)(C)C)[C@@H](O[Si](C)(C)C)[C@H]1C. The number of rotatable bonds is 9. The minimum absolute atomic E-state index is 0.0432. The lowest BCUT2D eigenvalue weighted by atomic mass is 9.81. The normalized spacial score (nSPS) is 25.3. The maximum atomic E-state index is 11.8. The maximum Gasteiger partial charge on any atom is 0.184 e. The quantitative estimate of drug-likeness (QED) is 0.279. The van der Waals surface area contributed by atoms with Crippen LogP contribution in [0.25, 0.3) is 0 Å². The van der Waals surface area contributed by atoms with Crippen molar-refractivity contribution in [3.63, 3.8) is 0 Å². The van der Waals surface area contributed by atoms with Crippen LogP contribution in [0.1, 0.15) is 85.6 Å². The molecule has 4 nitrogen and oxygen atoms in total. The van der Waals surface area contributed by atoms with Gasteiger partial charge in [0, 0.05) is 10.4 Å². The molecule has 1 unspecified atom stereocenters. The van der Waals surface area contributed by atoms with Gasteiger partial charge in [-0.15, -0.1) is 0 Å². The van der Waals surface area contributed by atoms with Crippen LogP contribution in [0.2, 0.25) is 39.3 Å². The van der Waals surface area contributed by atoms with E-state index in [2.05, 4.69) is 115 Å². The summed E-state index contributed by atoms with van der Waals surface area (Å²) in [6.45, 7) is 26.6. The van der Waals surface area contributed by atoms with Crippen LogP contribution < -0.4 is 0 Å². The predicted molar refractivity (Wildman–Crippen MR) is 172 cm³/mol. The summed E-state index contributed by atoms with van der Waals surface area (Å²) in [4.78, 5) is 0. The first-order chi connectivity index (χ1) is 17.9. The van der Waals surface area contributed by atoms with Gasteiger partial charge in [-0.3, -0.25) is 0 Å². The third-order valence-electron chi connectivity index (χ3n) is 7.65. The topological polar surface area (TPSA) is 47.9 Å². The first-order valence-corrected chi connectivity index (χ1v) is 22.1. The molecule has 0 spiro atoms. The van der Waals surface area contributed by atoms with E-state index in [1.807, 2.05) is 12.1 Å². The van der Waals surface area contributed by atoms with Crippen LogP contribution in [0.3, 0.4) is 0 Å². The van der Waals surface area contributed by atoms with E-state index in [0.717, 1.165) is 33.1 Å². The number of ether oxygens (including phenoxy) is 1. The minimum Gasteiger partial charge on any atom is -0.412 e. The highest BCUT2D eigenvalue weighted by Gasteiger charge is 2.48. The van der Waals surface area contributed by atoms with Gasteiger partial charge in [0.1, 0.15) is 18.3 Å². The molecular formula is C32H51BrO4Si2. The third-order valence-corrected chi connectivity index (χ3v) is 10.1. The Morgan fingerprint density at radius 3 is 1.97 bits per heavy atom. The Labute approximate surface area is 248 Å². The molecule has 1 saturated heterocycles. The van der Waals surface area contributed by atoms with Crippen molar-refractivity contribution in [1.82, 2.24) is 0 Å². The second kappa shape index (κ2) is 12.6. The largest absolute Gasteiger partial charge is 0.412 e. The summed E-state index contributed by atoms with van der Waals surface area (Å²) in [5.74, 6) is 0.496. The Kier molecular flexibility index (Phi) is 10.6. The summed E-state index contributed by atoms with van der Waals surface area (Å²) in [5, 5.41) is 11.8. The molecule has 1 heterocycles. The van der Waals surface area contributed by atoms with Crippen molar-refractivity contribution < 1.29 is 18.7 Å². The summed E-state index contributed by atoms with van der Waals surface area (Å²) in [5.41, 5.74) is 6.37. The van der Waals surface area contributed by atoms with Crippen molar-refractivity contribution in [3.05, 3.63) is 68.2 Å². The van der Waals surface area contributed by atoms with Crippen molar-refractivity contribution in [2.45, 2.75) is 124 Å². The molecule has 0 saturated carbocycles. The molecule has 0 radical (unpaired) electrons. The highest BCUT2D eigenvalue weighted by Crippen LogP contribution is 2.44. The second-order valence-electron chi connectivity index (χ2n) is 13.6. The number of benzene rings is 2. The highest BCUT2D eigenvalue weighted by atomic mass is 79.9. The molecule has 39 heavy (non-hydrogen) atoms. The number of halogens is 1. The Bertz CT molecular complexity index is 1140. The van der Waals surface area contributed by atoms with E-state index >= 15 is 0 Å². The average molecular weight is 636 g/mol. The van der Waals surface area contributed by atoms with Crippen molar-refractivity contribution >= 4 is 32.6 Å². The van der Waals surface area contributed by atoms with Gasteiger partial charge in [-0.25, -0.2) is 0 Å². The van der Waals surface area contributed by atoms with E-state index in [9.17, 15) is 5.11 Å². The first kappa shape index (κ1) is 32.7. The first-order valence-electron chi connectivity index (χ1n) is 14.5. The summed E-state index contributed by atoms with van der Waals surface area (Å²) >= 11 is 3.57. The summed E-state index contributed by atoms with van der Waals surface area (Å²) in [6.07, 6.45) is -0.256. The number of aliphatic hydroxyl groups excluding tert-OH is 1. The molecule has 1 fully saturated rings. The van der Waals surface area contributed by atoms with Gasteiger partial charge in [-0.1, -0.05) is 55.8 Å².